The van der Waals surface area contributed by atoms with Gasteiger partial charge in [-0.1, -0.05) is 18.2 Å². The third-order valence-electron chi connectivity index (χ3n) is 2.41. The highest BCUT2D eigenvalue weighted by Gasteiger charge is 2.01. The van der Waals surface area contributed by atoms with Gasteiger partial charge in [-0.05, 0) is 22.9 Å². The molecule has 3 aromatic rings. The maximum atomic E-state index is 5.54. The smallest absolute Gasteiger partial charge is 0.317 e. The van der Waals surface area contributed by atoms with E-state index in [0.717, 1.165) is 16.5 Å². The van der Waals surface area contributed by atoms with Crippen LogP contribution in [0.1, 0.15) is 5.56 Å². The summed E-state index contributed by atoms with van der Waals surface area (Å²) in [6.45, 7) is 0.516. The standard InChI is InChI=1S/C13H10N2OS/c1-2-4-12-11(3-1)7-14-13(15-12)16-8-10-5-6-17-9-10/h1-7,9H,8H2. The number of rotatable bonds is 3. The van der Waals surface area contributed by atoms with E-state index >= 15 is 0 Å². The Morgan fingerprint density at radius 1 is 1.18 bits per heavy atom. The minimum Gasteiger partial charge on any atom is -0.459 e. The van der Waals surface area contributed by atoms with Crippen molar-refractivity contribution in [2.24, 2.45) is 0 Å². The van der Waals surface area contributed by atoms with Crippen molar-refractivity contribution < 1.29 is 4.74 Å². The first-order chi connectivity index (χ1) is 8.42. The van der Waals surface area contributed by atoms with Crippen LogP contribution in [-0.2, 0) is 6.61 Å². The first-order valence-electron chi connectivity index (χ1n) is 5.27. The number of nitrogens with zero attached hydrogens (tertiary/aromatic N) is 2. The monoisotopic (exact) mass is 242 g/mol. The molecule has 0 aliphatic carbocycles. The molecule has 2 aromatic heterocycles. The summed E-state index contributed by atoms with van der Waals surface area (Å²) < 4.78 is 5.54. The van der Waals surface area contributed by atoms with E-state index in [0.29, 0.717) is 12.6 Å². The number of aromatic nitrogens is 2. The molecule has 2 heterocycles. The van der Waals surface area contributed by atoms with E-state index in [1.807, 2.05) is 35.7 Å². The van der Waals surface area contributed by atoms with Gasteiger partial charge in [-0.2, -0.15) is 16.3 Å². The van der Waals surface area contributed by atoms with Gasteiger partial charge in [0.2, 0.25) is 0 Å². The first kappa shape index (κ1) is 10.2. The molecule has 0 aliphatic heterocycles. The zero-order valence-electron chi connectivity index (χ0n) is 9.04. The third kappa shape index (κ3) is 2.26. The van der Waals surface area contributed by atoms with E-state index in [2.05, 4.69) is 15.3 Å². The molecule has 3 nitrogen and oxygen atoms in total. The molecular weight excluding hydrogens is 232 g/mol. The second-order valence-corrected chi connectivity index (χ2v) is 4.41. The summed E-state index contributed by atoms with van der Waals surface area (Å²) >= 11 is 1.66. The normalized spacial score (nSPS) is 10.6. The van der Waals surface area contributed by atoms with Gasteiger partial charge in [0, 0.05) is 17.1 Å². The van der Waals surface area contributed by atoms with Crippen LogP contribution in [0.5, 0.6) is 6.01 Å². The van der Waals surface area contributed by atoms with Crippen molar-refractivity contribution in [3.05, 3.63) is 52.9 Å². The van der Waals surface area contributed by atoms with Crippen molar-refractivity contribution in [3.63, 3.8) is 0 Å². The molecule has 0 amide bonds. The van der Waals surface area contributed by atoms with Crippen molar-refractivity contribution in [1.82, 2.24) is 9.97 Å². The fourth-order valence-electron chi connectivity index (χ4n) is 1.55. The average Bonchev–Trinajstić information content (AvgIpc) is 2.89. The molecule has 3 rings (SSSR count). The number of thiophene rings is 1. The van der Waals surface area contributed by atoms with Gasteiger partial charge in [-0.25, -0.2) is 4.98 Å². The largest absolute Gasteiger partial charge is 0.459 e. The summed E-state index contributed by atoms with van der Waals surface area (Å²) in [5.74, 6) is 0. The van der Waals surface area contributed by atoms with Crippen LogP contribution in [0, 0.1) is 0 Å². The average molecular weight is 242 g/mol. The summed E-state index contributed by atoms with van der Waals surface area (Å²) in [5.41, 5.74) is 2.05. The lowest BCUT2D eigenvalue weighted by atomic mass is 10.2. The highest BCUT2D eigenvalue weighted by Crippen LogP contribution is 2.14. The van der Waals surface area contributed by atoms with Crippen LogP contribution >= 0.6 is 11.3 Å². The minimum absolute atomic E-state index is 0.426. The summed E-state index contributed by atoms with van der Waals surface area (Å²) in [7, 11) is 0. The van der Waals surface area contributed by atoms with Crippen molar-refractivity contribution in [1.29, 1.82) is 0 Å². The van der Waals surface area contributed by atoms with Crippen molar-refractivity contribution in [3.8, 4) is 6.01 Å². The first-order valence-corrected chi connectivity index (χ1v) is 6.22. The summed E-state index contributed by atoms with van der Waals surface area (Å²) in [6.07, 6.45) is 1.78. The molecule has 0 saturated heterocycles. The fraction of sp³-hybridized carbons (Fsp3) is 0.0769. The van der Waals surface area contributed by atoms with Crippen LogP contribution in [0.15, 0.2) is 47.3 Å². The zero-order chi connectivity index (χ0) is 11.5. The van der Waals surface area contributed by atoms with E-state index < -0.39 is 0 Å². The van der Waals surface area contributed by atoms with E-state index in [-0.39, 0.29) is 0 Å². The van der Waals surface area contributed by atoms with Crippen molar-refractivity contribution in [2.45, 2.75) is 6.61 Å². The summed E-state index contributed by atoms with van der Waals surface area (Å²) in [6, 6.07) is 10.3. The molecule has 84 valence electrons. The fourth-order valence-corrected chi connectivity index (χ4v) is 2.20. The van der Waals surface area contributed by atoms with Gasteiger partial charge in [0.25, 0.3) is 0 Å². The van der Waals surface area contributed by atoms with Crippen LogP contribution in [0.4, 0.5) is 0 Å². The van der Waals surface area contributed by atoms with E-state index in [9.17, 15) is 0 Å². The molecule has 0 saturated carbocycles. The molecular formula is C13H10N2OS. The number of hydrogen-bond donors (Lipinski definition) is 0. The Kier molecular flexibility index (Phi) is 2.71. The van der Waals surface area contributed by atoms with Gasteiger partial charge in [0.1, 0.15) is 6.61 Å². The highest BCUT2D eigenvalue weighted by molar-refractivity contribution is 7.07. The SMILES string of the molecule is c1ccc2nc(OCc3ccsc3)ncc2c1. The van der Waals surface area contributed by atoms with Gasteiger partial charge >= 0.3 is 6.01 Å². The Labute approximate surface area is 103 Å². The molecule has 0 atom stereocenters. The Morgan fingerprint density at radius 2 is 2.12 bits per heavy atom. The third-order valence-corrected chi connectivity index (χ3v) is 3.15. The molecule has 0 aliphatic rings. The molecule has 0 spiro atoms. The van der Waals surface area contributed by atoms with Gasteiger partial charge < -0.3 is 4.74 Å². The van der Waals surface area contributed by atoms with Crippen molar-refractivity contribution >= 4 is 22.2 Å². The number of benzene rings is 1. The molecule has 4 heteroatoms. The van der Waals surface area contributed by atoms with Crippen molar-refractivity contribution in [2.75, 3.05) is 0 Å². The van der Waals surface area contributed by atoms with E-state index in [1.54, 1.807) is 17.5 Å². The maximum absolute atomic E-state index is 5.54. The quantitative estimate of drug-likeness (QED) is 0.707. The highest BCUT2D eigenvalue weighted by atomic mass is 32.1. The van der Waals surface area contributed by atoms with E-state index in [1.165, 1.54) is 0 Å². The van der Waals surface area contributed by atoms with Gasteiger partial charge in [0.05, 0.1) is 5.52 Å². The van der Waals surface area contributed by atoms with E-state index in [4.69, 9.17) is 4.74 Å². The van der Waals surface area contributed by atoms with Gasteiger partial charge in [-0.15, -0.1) is 0 Å². The molecule has 0 radical (unpaired) electrons. The topological polar surface area (TPSA) is 35.0 Å². The van der Waals surface area contributed by atoms with Gasteiger partial charge in [0.15, 0.2) is 0 Å². The number of ether oxygens (including phenoxy) is 1. The van der Waals surface area contributed by atoms with Crippen LogP contribution in [0.3, 0.4) is 0 Å². The Morgan fingerprint density at radius 3 is 3.00 bits per heavy atom. The number of para-hydroxylation sites is 1. The molecule has 0 unspecified atom stereocenters. The lowest BCUT2D eigenvalue weighted by Gasteiger charge is -2.03. The molecule has 17 heavy (non-hydrogen) atoms. The zero-order valence-corrected chi connectivity index (χ0v) is 9.85. The lowest BCUT2D eigenvalue weighted by Crippen LogP contribution is -1.98. The molecule has 1 aromatic carbocycles. The summed E-state index contributed by atoms with van der Waals surface area (Å²) in [4.78, 5) is 8.52. The predicted molar refractivity (Wildman–Crippen MR) is 68.2 cm³/mol. The van der Waals surface area contributed by atoms with Crippen LogP contribution in [0.25, 0.3) is 10.9 Å². The second-order valence-electron chi connectivity index (χ2n) is 3.63. The molecule has 0 N–H and O–H groups in total. The Bertz CT molecular complexity index is 622. The Hall–Kier alpha value is -1.94. The number of hydrogen-bond acceptors (Lipinski definition) is 4. The predicted octanol–water partition coefficient (Wildman–Crippen LogP) is 3.27. The lowest BCUT2D eigenvalue weighted by molar-refractivity contribution is 0.282. The Balaban J connectivity index is 1.81. The summed E-state index contributed by atoms with van der Waals surface area (Å²) in [5, 5.41) is 5.11. The molecule has 0 fully saturated rings. The molecule has 0 bridgehead atoms. The van der Waals surface area contributed by atoms with Gasteiger partial charge in [-0.3, -0.25) is 0 Å². The minimum atomic E-state index is 0.426. The van der Waals surface area contributed by atoms with Crippen LogP contribution in [-0.4, -0.2) is 9.97 Å². The number of fused-ring (bicyclic) bond motifs is 1. The second kappa shape index (κ2) is 4.51. The van der Waals surface area contributed by atoms with Crippen LogP contribution in [0.2, 0.25) is 0 Å². The van der Waals surface area contributed by atoms with Crippen LogP contribution < -0.4 is 4.74 Å². The maximum Gasteiger partial charge on any atom is 0.317 e.